The summed E-state index contributed by atoms with van der Waals surface area (Å²) in [4.78, 5) is 46.4. The first-order valence-electron chi connectivity index (χ1n) is 10.6. The number of amides is 3. The van der Waals surface area contributed by atoms with Gasteiger partial charge in [0.05, 0.1) is 0 Å². The Kier molecular flexibility index (Phi) is 7.25. The molecule has 2 aliphatic heterocycles. The van der Waals surface area contributed by atoms with Gasteiger partial charge in [-0.05, 0) is 32.0 Å². The molecule has 2 saturated heterocycles. The molecule has 7 heteroatoms. The Bertz CT molecular complexity index is 724. The summed E-state index contributed by atoms with van der Waals surface area (Å²) in [6.45, 7) is 6.58. The van der Waals surface area contributed by atoms with E-state index in [1.54, 1.807) is 4.90 Å². The molecule has 29 heavy (non-hydrogen) atoms. The molecule has 0 radical (unpaired) electrons. The van der Waals surface area contributed by atoms with Crippen molar-refractivity contribution < 1.29 is 14.4 Å². The van der Waals surface area contributed by atoms with Crippen molar-refractivity contribution >= 4 is 17.7 Å². The third-order valence-electron chi connectivity index (χ3n) is 5.82. The van der Waals surface area contributed by atoms with Crippen LogP contribution in [-0.2, 0) is 14.4 Å². The highest BCUT2D eigenvalue weighted by Gasteiger charge is 2.41. The molecule has 2 aliphatic rings. The molecular weight excluding hydrogens is 368 g/mol. The molecule has 3 amide bonds. The van der Waals surface area contributed by atoms with Gasteiger partial charge in [-0.15, -0.1) is 0 Å². The monoisotopic (exact) mass is 400 g/mol. The van der Waals surface area contributed by atoms with Crippen LogP contribution in [0.4, 0.5) is 0 Å². The Morgan fingerprint density at radius 2 is 1.72 bits per heavy atom. The number of rotatable bonds is 6. The van der Waals surface area contributed by atoms with Gasteiger partial charge in [-0.3, -0.25) is 14.4 Å². The highest BCUT2D eigenvalue weighted by Crippen LogP contribution is 2.26. The maximum atomic E-state index is 13.6. The molecule has 1 atom stereocenters. The fraction of sp³-hybridized carbons (Fsp3) is 0.591. The molecular formula is C22H32N4O3. The number of piperazine rings is 1. The van der Waals surface area contributed by atoms with Gasteiger partial charge >= 0.3 is 11.8 Å². The summed E-state index contributed by atoms with van der Waals surface area (Å²) in [7, 11) is 2.06. The first kappa shape index (κ1) is 21.3. The summed E-state index contributed by atoms with van der Waals surface area (Å²) in [5.41, 5.74) is 0.762. The van der Waals surface area contributed by atoms with Crippen LogP contribution in [0.2, 0.25) is 0 Å². The Morgan fingerprint density at radius 3 is 2.45 bits per heavy atom. The van der Waals surface area contributed by atoms with Crippen LogP contribution in [0.3, 0.4) is 0 Å². The van der Waals surface area contributed by atoms with Gasteiger partial charge in [-0.1, -0.05) is 43.7 Å². The van der Waals surface area contributed by atoms with Crippen LogP contribution in [-0.4, -0.2) is 90.2 Å². The Balaban J connectivity index is 1.84. The fourth-order valence-corrected chi connectivity index (χ4v) is 4.03. The molecule has 2 fully saturated rings. The first-order chi connectivity index (χ1) is 14.0. The minimum Gasteiger partial charge on any atom is -0.339 e. The summed E-state index contributed by atoms with van der Waals surface area (Å²) in [6, 6.07) is 8.62. The van der Waals surface area contributed by atoms with E-state index in [1.165, 1.54) is 4.90 Å². The van der Waals surface area contributed by atoms with Gasteiger partial charge in [0.25, 0.3) is 0 Å². The van der Waals surface area contributed by atoms with E-state index in [-0.39, 0.29) is 5.91 Å². The lowest BCUT2D eigenvalue weighted by Gasteiger charge is -2.39. The first-order valence-corrected chi connectivity index (χ1v) is 10.6. The molecule has 0 bridgehead atoms. The number of unbranched alkanes of at least 4 members (excludes halogenated alkanes) is 1. The number of carbonyl (C=O) groups excluding carboxylic acids is 3. The molecule has 0 unspecified atom stereocenters. The summed E-state index contributed by atoms with van der Waals surface area (Å²) in [5.74, 6) is -1.15. The van der Waals surface area contributed by atoms with E-state index >= 15 is 0 Å². The van der Waals surface area contributed by atoms with Crippen LogP contribution in [0.1, 0.15) is 37.8 Å². The predicted molar refractivity (Wildman–Crippen MR) is 111 cm³/mol. The van der Waals surface area contributed by atoms with Crippen molar-refractivity contribution in [3.63, 3.8) is 0 Å². The Hall–Kier alpha value is -2.41. The largest absolute Gasteiger partial charge is 0.339 e. The molecule has 2 heterocycles. The van der Waals surface area contributed by atoms with Crippen molar-refractivity contribution in [2.75, 3.05) is 52.9 Å². The third-order valence-corrected chi connectivity index (χ3v) is 5.82. The second-order valence-electron chi connectivity index (χ2n) is 7.94. The van der Waals surface area contributed by atoms with Crippen molar-refractivity contribution in [2.45, 2.75) is 32.2 Å². The average Bonchev–Trinajstić information content (AvgIpc) is 2.96. The van der Waals surface area contributed by atoms with E-state index in [2.05, 4.69) is 18.9 Å². The van der Waals surface area contributed by atoms with Gasteiger partial charge in [0, 0.05) is 39.3 Å². The fourth-order valence-electron chi connectivity index (χ4n) is 4.03. The van der Waals surface area contributed by atoms with Crippen molar-refractivity contribution in [2.24, 2.45) is 0 Å². The molecule has 1 aromatic carbocycles. The van der Waals surface area contributed by atoms with E-state index in [1.807, 2.05) is 35.2 Å². The maximum absolute atomic E-state index is 13.6. The number of carbonyl (C=O) groups is 3. The lowest BCUT2D eigenvalue weighted by Crippen LogP contribution is -2.57. The predicted octanol–water partition coefficient (Wildman–Crippen LogP) is 1.36. The summed E-state index contributed by atoms with van der Waals surface area (Å²) < 4.78 is 0. The zero-order valence-corrected chi connectivity index (χ0v) is 17.5. The smallest absolute Gasteiger partial charge is 0.313 e. The molecule has 158 valence electrons. The summed E-state index contributed by atoms with van der Waals surface area (Å²) in [6.07, 6.45) is 2.75. The van der Waals surface area contributed by atoms with Crippen LogP contribution in [0.25, 0.3) is 0 Å². The second kappa shape index (κ2) is 9.87. The molecule has 0 aliphatic carbocycles. The zero-order valence-electron chi connectivity index (χ0n) is 17.5. The summed E-state index contributed by atoms with van der Waals surface area (Å²) in [5, 5.41) is 0. The molecule has 0 aromatic heterocycles. The zero-order chi connectivity index (χ0) is 20.8. The Morgan fingerprint density at radius 1 is 0.966 bits per heavy atom. The standard InChI is InChI=1S/C22H32N4O3/c1-3-4-12-25-16-17-26(22(29)21(25)28)19(18-9-6-5-7-10-18)20(27)24-13-8-11-23(2)14-15-24/h5-7,9-10,19H,3-4,8,11-17H2,1-2H3/t19-/m1/s1. The van der Waals surface area contributed by atoms with E-state index in [4.69, 9.17) is 0 Å². The topological polar surface area (TPSA) is 64.2 Å². The number of hydrogen-bond donors (Lipinski definition) is 0. The number of nitrogens with zero attached hydrogens (tertiary/aromatic N) is 4. The van der Waals surface area contributed by atoms with E-state index < -0.39 is 17.9 Å². The van der Waals surface area contributed by atoms with Crippen molar-refractivity contribution in [3.05, 3.63) is 35.9 Å². The number of hydrogen-bond acceptors (Lipinski definition) is 4. The number of likely N-dealkylation sites (N-methyl/N-ethyl adjacent to an activating group) is 1. The molecule has 3 rings (SSSR count). The number of benzene rings is 1. The lowest BCUT2D eigenvalue weighted by molar-refractivity contribution is -0.161. The van der Waals surface area contributed by atoms with Crippen LogP contribution < -0.4 is 0 Å². The third kappa shape index (κ3) is 4.96. The molecule has 0 N–H and O–H groups in total. The normalized spacial score (nSPS) is 20.0. The maximum Gasteiger partial charge on any atom is 0.313 e. The lowest BCUT2D eigenvalue weighted by atomic mass is 10.0. The highest BCUT2D eigenvalue weighted by molar-refractivity contribution is 6.35. The van der Waals surface area contributed by atoms with Gasteiger partial charge in [-0.2, -0.15) is 0 Å². The van der Waals surface area contributed by atoms with Gasteiger partial charge in [0.2, 0.25) is 5.91 Å². The van der Waals surface area contributed by atoms with E-state index in [0.717, 1.165) is 37.9 Å². The minimum absolute atomic E-state index is 0.0883. The van der Waals surface area contributed by atoms with Gasteiger partial charge < -0.3 is 19.6 Å². The van der Waals surface area contributed by atoms with Gasteiger partial charge in [0.15, 0.2) is 0 Å². The molecule has 1 aromatic rings. The van der Waals surface area contributed by atoms with Crippen molar-refractivity contribution in [3.8, 4) is 0 Å². The van der Waals surface area contributed by atoms with Crippen LogP contribution >= 0.6 is 0 Å². The second-order valence-corrected chi connectivity index (χ2v) is 7.94. The molecule has 0 spiro atoms. The molecule has 0 saturated carbocycles. The van der Waals surface area contributed by atoms with E-state index in [0.29, 0.717) is 32.7 Å². The minimum atomic E-state index is -0.746. The van der Waals surface area contributed by atoms with Crippen molar-refractivity contribution in [1.29, 1.82) is 0 Å². The quantitative estimate of drug-likeness (QED) is 0.677. The summed E-state index contributed by atoms with van der Waals surface area (Å²) >= 11 is 0. The Labute approximate surface area is 173 Å². The van der Waals surface area contributed by atoms with Crippen LogP contribution in [0.15, 0.2) is 30.3 Å². The molecule has 7 nitrogen and oxygen atoms in total. The highest BCUT2D eigenvalue weighted by atomic mass is 16.2. The van der Waals surface area contributed by atoms with Crippen LogP contribution in [0.5, 0.6) is 0 Å². The SMILES string of the molecule is CCCCN1CCN([C@@H](C(=O)N2CCCN(C)CC2)c2ccccc2)C(=O)C1=O. The van der Waals surface area contributed by atoms with Gasteiger partial charge in [-0.25, -0.2) is 0 Å². The average molecular weight is 401 g/mol. The van der Waals surface area contributed by atoms with Crippen molar-refractivity contribution in [1.82, 2.24) is 19.6 Å². The van der Waals surface area contributed by atoms with Crippen LogP contribution in [0, 0.1) is 0 Å². The van der Waals surface area contributed by atoms with Gasteiger partial charge in [0.1, 0.15) is 6.04 Å². The van der Waals surface area contributed by atoms with E-state index in [9.17, 15) is 14.4 Å².